The highest BCUT2D eigenvalue weighted by atomic mass is 32.2. The molecule has 0 radical (unpaired) electrons. The number of thiazole rings is 1. The van der Waals surface area contributed by atoms with Gasteiger partial charge in [0.1, 0.15) is 17.0 Å². The van der Waals surface area contributed by atoms with Crippen molar-refractivity contribution in [1.82, 2.24) is 4.90 Å². The first-order chi connectivity index (χ1) is 30.3. The highest BCUT2D eigenvalue weighted by molar-refractivity contribution is 8.14. The van der Waals surface area contributed by atoms with Crippen LogP contribution in [0.25, 0.3) is 37.2 Å². The molecule has 1 fully saturated rings. The summed E-state index contributed by atoms with van der Waals surface area (Å²) in [6.45, 7) is 11.9. The van der Waals surface area contributed by atoms with Crippen LogP contribution in [0.4, 0.5) is 5.69 Å². The van der Waals surface area contributed by atoms with Gasteiger partial charge in [-0.3, -0.25) is 0 Å². The number of benzene rings is 3. The first kappa shape index (κ1) is 47.6. The van der Waals surface area contributed by atoms with Crippen LogP contribution in [0, 0.1) is 0 Å². The van der Waals surface area contributed by atoms with E-state index in [2.05, 4.69) is 82.2 Å². The second-order valence-corrected chi connectivity index (χ2v) is 23.2. The molecule has 0 amide bonds. The molecule has 1 saturated heterocycles. The molecule has 11 nitrogen and oxygen atoms in total. The van der Waals surface area contributed by atoms with Crippen LogP contribution in [-0.2, 0) is 26.8 Å². The zero-order valence-electron chi connectivity index (χ0n) is 35.8. The Hall–Kier alpha value is -3.33. The number of rotatable bonds is 16. The Morgan fingerprint density at radius 2 is 1.73 bits per heavy atom. The van der Waals surface area contributed by atoms with Gasteiger partial charge >= 0.3 is 0 Å². The quantitative estimate of drug-likeness (QED) is 0.0689. The lowest BCUT2D eigenvalue weighted by Crippen LogP contribution is -2.36. The van der Waals surface area contributed by atoms with Crippen molar-refractivity contribution in [3.8, 4) is 5.75 Å². The second kappa shape index (κ2) is 21.3. The summed E-state index contributed by atoms with van der Waals surface area (Å²) in [5.41, 5.74) is 2.98. The van der Waals surface area contributed by atoms with Crippen LogP contribution < -0.4 is 14.2 Å². The smallest absolute Gasteiger partial charge is 0.263 e. The predicted octanol–water partition coefficient (Wildman–Crippen LogP) is 9.31. The number of allylic oxidation sites excluding steroid dienone is 4. The highest BCUT2D eigenvalue weighted by Gasteiger charge is 2.30. The van der Waals surface area contributed by atoms with Crippen molar-refractivity contribution in [3.63, 3.8) is 0 Å². The maximum absolute atomic E-state index is 11.5. The average molecular weight is 985 g/mol. The molecule has 8 rings (SSSR count). The summed E-state index contributed by atoms with van der Waals surface area (Å²) in [4.78, 5) is 5.53. The number of ether oxygens (including phenoxy) is 1. The number of aryl methyl sites for hydroxylation is 1. The van der Waals surface area contributed by atoms with E-state index in [0.717, 1.165) is 76.1 Å². The largest absolute Gasteiger partial charge is 0.748 e. The number of hydrogen-bond acceptors (Lipinski definition) is 14. The van der Waals surface area contributed by atoms with E-state index < -0.39 is 31.7 Å². The van der Waals surface area contributed by atoms with Gasteiger partial charge in [0.2, 0.25) is 10.6 Å². The molecule has 0 N–H and O–H groups in total. The molecular weight excluding hydrogens is 933 g/mol. The molecule has 0 atom stereocenters. The van der Waals surface area contributed by atoms with Crippen molar-refractivity contribution in [2.24, 2.45) is 0 Å². The van der Waals surface area contributed by atoms with Crippen LogP contribution in [0.1, 0.15) is 45.0 Å². The second-order valence-electron chi connectivity index (χ2n) is 14.9. The van der Waals surface area contributed by atoms with E-state index in [9.17, 15) is 25.9 Å². The molecule has 0 spiro atoms. The maximum Gasteiger partial charge on any atom is 0.263 e. The fourth-order valence-corrected chi connectivity index (χ4v) is 14.4. The summed E-state index contributed by atoms with van der Waals surface area (Å²) in [7, 11) is -7.08. The first-order valence-corrected chi connectivity index (χ1v) is 28.6. The van der Waals surface area contributed by atoms with Crippen molar-refractivity contribution in [3.05, 3.63) is 98.9 Å². The van der Waals surface area contributed by atoms with Crippen LogP contribution in [0.2, 0.25) is 0 Å². The summed E-state index contributed by atoms with van der Waals surface area (Å²) in [6, 6.07) is 16.2. The zero-order chi connectivity index (χ0) is 44.7. The van der Waals surface area contributed by atoms with E-state index in [1.54, 1.807) is 41.5 Å². The molecule has 3 aromatic carbocycles. The summed E-state index contributed by atoms with van der Waals surface area (Å²) in [6.07, 6.45) is 12.0. The van der Waals surface area contributed by atoms with Gasteiger partial charge in [-0.05, 0) is 79.4 Å². The molecular formula is C45H52N4O7S7. The molecule has 336 valence electrons. The SMILES string of the molecule is CCC(=Cc1sc2ccc3ccccc3c2[n+]1CCCS(=O)(=O)[O-])C=C1Sc2cc(OC)c3ccsc3c2N1CCCS(=O)(=O)[O-].CCN1CCSC1=CC=CC1=[N+](CC)CCS1. The van der Waals surface area contributed by atoms with Crippen LogP contribution in [0.5, 0.6) is 5.75 Å². The number of anilines is 1. The maximum atomic E-state index is 11.5. The lowest BCUT2D eigenvalue weighted by molar-refractivity contribution is -0.667. The summed E-state index contributed by atoms with van der Waals surface area (Å²) in [5.74, 6) is 2.33. The monoisotopic (exact) mass is 984 g/mol. The minimum Gasteiger partial charge on any atom is -0.748 e. The number of thiophene rings is 1. The van der Waals surface area contributed by atoms with Gasteiger partial charge in [0.25, 0.3) is 5.01 Å². The van der Waals surface area contributed by atoms with Gasteiger partial charge < -0.3 is 23.6 Å². The van der Waals surface area contributed by atoms with Gasteiger partial charge in [-0.25, -0.2) is 21.4 Å². The zero-order valence-corrected chi connectivity index (χ0v) is 41.5. The molecule has 2 aromatic heterocycles. The van der Waals surface area contributed by atoms with E-state index in [1.165, 1.54) is 34.7 Å². The van der Waals surface area contributed by atoms with E-state index in [0.29, 0.717) is 19.5 Å². The Morgan fingerprint density at radius 3 is 2.48 bits per heavy atom. The minimum absolute atomic E-state index is 0.180. The van der Waals surface area contributed by atoms with Gasteiger partial charge in [0, 0.05) is 65.7 Å². The minimum atomic E-state index is -4.36. The normalized spacial score (nSPS) is 17.4. The molecule has 3 aliphatic heterocycles. The average Bonchev–Trinajstić information content (AvgIpc) is 4.11. The van der Waals surface area contributed by atoms with Gasteiger partial charge in [-0.15, -0.1) is 23.1 Å². The molecule has 5 heterocycles. The third-order valence-corrected chi connectivity index (χ3v) is 17.7. The fourth-order valence-electron chi connectivity index (χ4n) is 7.81. The summed E-state index contributed by atoms with van der Waals surface area (Å²) < 4.78 is 81.0. The predicted molar refractivity (Wildman–Crippen MR) is 266 cm³/mol. The number of fused-ring (bicyclic) bond motifs is 6. The number of thioether (sulfide) groups is 3. The Morgan fingerprint density at radius 1 is 0.937 bits per heavy atom. The topological polar surface area (TPSA) is 137 Å². The van der Waals surface area contributed by atoms with Crippen molar-refractivity contribution in [2.75, 3.05) is 67.7 Å². The molecule has 63 heavy (non-hydrogen) atoms. The van der Waals surface area contributed by atoms with Crippen molar-refractivity contribution in [2.45, 2.75) is 51.5 Å². The molecule has 0 unspecified atom stereocenters. The summed E-state index contributed by atoms with van der Waals surface area (Å²) >= 11 is 8.70. The Kier molecular flexibility index (Phi) is 16.1. The third-order valence-electron chi connectivity index (χ3n) is 10.9. The molecule has 3 aliphatic rings. The van der Waals surface area contributed by atoms with E-state index in [1.807, 2.05) is 65.3 Å². The van der Waals surface area contributed by atoms with Gasteiger partial charge in [0.05, 0.1) is 58.9 Å². The molecule has 0 saturated carbocycles. The summed E-state index contributed by atoms with van der Waals surface area (Å²) in [5, 5.41) is 9.77. The Labute approximate surface area is 391 Å². The van der Waals surface area contributed by atoms with Crippen LogP contribution in [-0.4, -0.2) is 103 Å². The van der Waals surface area contributed by atoms with Crippen LogP contribution in [0.15, 0.2) is 98.7 Å². The van der Waals surface area contributed by atoms with E-state index in [-0.39, 0.29) is 12.8 Å². The van der Waals surface area contributed by atoms with Crippen LogP contribution >= 0.6 is 58.0 Å². The van der Waals surface area contributed by atoms with Gasteiger partial charge in [-0.2, -0.15) is 4.57 Å². The fraction of sp³-hybridized carbons (Fsp3) is 0.378. The van der Waals surface area contributed by atoms with E-state index in [4.69, 9.17) is 4.74 Å². The number of methoxy groups -OCH3 is 1. The van der Waals surface area contributed by atoms with Gasteiger partial charge in [0.15, 0.2) is 13.1 Å². The molecule has 18 heteroatoms. The first-order valence-electron chi connectivity index (χ1n) is 21.0. The van der Waals surface area contributed by atoms with E-state index >= 15 is 0 Å². The third kappa shape index (κ3) is 11.7. The van der Waals surface area contributed by atoms with Crippen molar-refractivity contribution in [1.29, 1.82) is 0 Å². The number of nitrogens with zero attached hydrogens (tertiary/aromatic N) is 4. The molecule has 0 aliphatic carbocycles. The highest BCUT2D eigenvalue weighted by Crippen LogP contribution is 2.53. The standard InChI is InChI=1S/C32H32N2O7S5.C13H21N2S2/c1-3-21(18-28-33(13-6-16-45(35,36)37)30-23-9-5-4-8-22(23)10-11-26(30)43-28)19-29-34(14-7-17-46(38,39)40)31-27(44-29)20-25(41-2)24-12-15-42-32(24)31;1-3-14-8-10-16-12(14)6-5-7-13-15(4-2)9-11-17-13/h4-5,8-12,15,18-20H,3,6-7,13-14,16-17H2,1-2H3,(H-,35,36,37,38,39,40);5-7H,3-4,8-11H2,1-2H3/q;+1/p-1. The lowest BCUT2D eigenvalue weighted by atomic mass is 10.1. The van der Waals surface area contributed by atoms with Crippen LogP contribution in [0.3, 0.4) is 0 Å². The van der Waals surface area contributed by atoms with Crippen molar-refractivity contribution < 1.29 is 39.8 Å². The Balaban J connectivity index is 0.000000292. The Bertz CT molecular complexity index is 2860. The van der Waals surface area contributed by atoms with Crippen molar-refractivity contribution >= 4 is 126 Å². The molecule has 5 aromatic rings. The number of aromatic nitrogens is 1. The number of hydrogen-bond donors (Lipinski definition) is 0. The molecule has 0 bridgehead atoms. The lowest BCUT2D eigenvalue weighted by Gasteiger charge is -2.22. The van der Waals surface area contributed by atoms with Gasteiger partial charge in [-0.1, -0.05) is 72.1 Å².